The lowest BCUT2D eigenvalue weighted by Gasteiger charge is -2.18. The number of aliphatic hydroxyl groups is 1. The Bertz CT molecular complexity index is 662. The molecule has 0 saturated heterocycles. The van der Waals surface area contributed by atoms with Crippen molar-refractivity contribution in [3.8, 4) is 11.5 Å². The number of halogens is 3. The standard InChI is InChI=1S/C15H13Br2FO3/c1-20-11-7-6-9(15(21-2)12(11)17)14(19)8-4-3-5-10(16)13(8)18/h3-7,14,19H,1-2H3. The zero-order valence-electron chi connectivity index (χ0n) is 11.4. The van der Waals surface area contributed by atoms with E-state index in [-0.39, 0.29) is 5.56 Å². The summed E-state index contributed by atoms with van der Waals surface area (Å²) in [6.07, 6.45) is -1.15. The molecule has 0 radical (unpaired) electrons. The molecule has 1 unspecified atom stereocenters. The summed E-state index contributed by atoms with van der Waals surface area (Å²) < 4.78 is 25.5. The van der Waals surface area contributed by atoms with Gasteiger partial charge >= 0.3 is 0 Å². The molecular formula is C15H13Br2FO3. The van der Waals surface area contributed by atoms with Gasteiger partial charge in [-0.05, 0) is 50.1 Å². The van der Waals surface area contributed by atoms with Crippen LogP contribution in [0.25, 0.3) is 0 Å². The molecule has 0 amide bonds. The van der Waals surface area contributed by atoms with Crippen LogP contribution in [0, 0.1) is 5.82 Å². The fraction of sp³-hybridized carbons (Fsp3) is 0.200. The second-order valence-corrected chi connectivity index (χ2v) is 5.90. The molecule has 0 aliphatic carbocycles. The summed E-state index contributed by atoms with van der Waals surface area (Å²) in [7, 11) is 3.01. The SMILES string of the molecule is COc1ccc(C(O)c2cccc(Br)c2F)c(OC)c1Br. The van der Waals surface area contributed by atoms with Crippen molar-refractivity contribution >= 4 is 31.9 Å². The number of hydrogen-bond acceptors (Lipinski definition) is 3. The van der Waals surface area contributed by atoms with Gasteiger partial charge in [-0.15, -0.1) is 0 Å². The van der Waals surface area contributed by atoms with Crippen molar-refractivity contribution < 1.29 is 19.0 Å². The van der Waals surface area contributed by atoms with E-state index in [4.69, 9.17) is 9.47 Å². The largest absolute Gasteiger partial charge is 0.495 e. The van der Waals surface area contributed by atoms with E-state index in [0.717, 1.165) is 0 Å². The molecule has 2 rings (SSSR count). The third kappa shape index (κ3) is 3.07. The molecule has 0 heterocycles. The third-order valence-electron chi connectivity index (χ3n) is 3.09. The Morgan fingerprint density at radius 2 is 1.76 bits per heavy atom. The number of hydrogen-bond donors (Lipinski definition) is 1. The summed E-state index contributed by atoms with van der Waals surface area (Å²) in [5.74, 6) is 0.470. The van der Waals surface area contributed by atoms with Crippen LogP contribution in [0.3, 0.4) is 0 Å². The van der Waals surface area contributed by atoms with Gasteiger partial charge < -0.3 is 14.6 Å². The first-order valence-corrected chi connectivity index (χ1v) is 7.62. The predicted molar refractivity (Wildman–Crippen MR) is 85.4 cm³/mol. The highest BCUT2D eigenvalue weighted by molar-refractivity contribution is 9.11. The van der Waals surface area contributed by atoms with Crippen LogP contribution >= 0.6 is 31.9 Å². The molecule has 0 spiro atoms. The monoisotopic (exact) mass is 418 g/mol. The highest BCUT2D eigenvalue weighted by Crippen LogP contribution is 2.41. The van der Waals surface area contributed by atoms with E-state index in [1.807, 2.05) is 0 Å². The van der Waals surface area contributed by atoms with Crippen molar-refractivity contribution in [2.75, 3.05) is 14.2 Å². The lowest BCUT2D eigenvalue weighted by atomic mass is 10.00. The first kappa shape index (κ1) is 16.3. The number of benzene rings is 2. The minimum absolute atomic E-state index is 0.166. The molecule has 21 heavy (non-hydrogen) atoms. The molecule has 0 aliphatic rings. The summed E-state index contributed by atoms with van der Waals surface area (Å²) >= 11 is 6.48. The molecule has 0 aliphatic heterocycles. The van der Waals surface area contributed by atoms with Crippen molar-refractivity contribution in [1.29, 1.82) is 0 Å². The minimum atomic E-state index is -1.15. The summed E-state index contributed by atoms with van der Waals surface area (Å²) in [5, 5.41) is 10.5. The number of ether oxygens (including phenoxy) is 2. The van der Waals surface area contributed by atoms with Crippen LogP contribution in [-0.4, -0.2) is 19.3 Å². The lowest BCUT2D eigenvalue weighted by molar-refractivity contribution is 0.209. The van der Waals surface area contributed by atoms with E-state index < -0.39 is 11.9 Å². The van der Waals surface area contributed by atoms with Crippen molar-refractivity contribution in [3.63, 3.8) is 0 Å². The highest BCUT2D eigenvalue weighted by Gasteiger charge is 2.23. The Balaban J connectivity index is 2.56. The van der Waals surface area contributed by atoms with Gasteiger partial charge in [0.2, 0.25) is 0 Å². The average molecular weight is 420 g/mol. The Hall–Kier alpha value is -1.11. The van der Waals surface area contributed by atoms with Gasteiger partial charge in [0.1, 0.15) is 27.9 Å². The quantitative estimate of drug-likeness (QED) is 0.795. The smallest absolute Gasteiger partial charge is 0.143 e. The minimum Gasteiger partial charge on any atom is -0.495 e. The fourth-order valence-corrected chi connectivity index (χ4v) is 3.10. The molecule has 0 bridgehead atoms. The average Bonchev–Trinajstić information content (AvgIpc) is 2.49. The van der Waals surface area contributed by atoms with Gasteiger partial charge in [0.05, 0.1) is 18.7 Å². The van der Waals surface area contributed by atoms with Crippen LogP contribution in [0.15, 0.2) is 39.3 Å². The summed E-state index contributed by atoms with van der Waals surface area (Å²) in [6, 6.07) is 8.10. The van der Waals surface area contributed by atoms with Crippen molar-refractivity contribution in [1.82, 2.24) is 0 Å². The molecule has 0 aromatic heterocycles. The number of aliphatic hydroxyl groups excluding tert-OH is 1. The number of rotatable bonds is 4. The Morgan fingerprint density at radius 3 is 2.38 bits per heavy atom. The predicted octanol–water partition coefficient (Wildman–Crippen LogP) is 4.45. The van der Waals surface area contributed by atoms with Gasteiger partial charge in [-0.1, -0.05) is 12.1 Å². The highest BCUT2D eigenvalue weighted by atomic mass is 79.9. The molecule has 2 aromatic carbocycles. The maximum Gasteiger partial charge on any atom is 0.143 e. The van der Waals surface area contributed by atoms with E-state index >= 15 is 0 Å². The van der Waals surface area contributed by atoms with Crippen molar-refractivity contribution in [3.05, 3.63) is 56.2 Å². The van der Waals surface area contributed by atoms with Gasteiger partial charge in [0.15, 0.2) is 0 Å². The molecule has 0 saturated carbocycles. The molecule has 2 aromatic rings. The van der Waals surface area contributed by atoms with E-state index in [1.165, 1.54) is 20.3 Å². The molecule has 0 fully saturated rings. The van der Waals surface area contributed by atoms with E-state index in [2.05, 4.69) is 31.9 Å². The Kier molecular flexibility index (Phi) is 5.24. The van der Waals surface area contributed by atoms with Crippen molar-refractivity contribution in [2.24, 2.45) is 0 Å². The second-order valence-electron chi connectivity index (χ2n) is 4.25. The van der Waals surface area contributed by atoms with E-state index in [1.54, 1.807) is 24.3 Å². The maximum absolute atomic E-state index is 14.1. The summed E-state index contributed by atoms with van der Waals surface area (Å²) in [4.78, 5) is 0. The van der Waals surface area contributed by atoms with Crippen LogP contribution in [-0.2, 0) is 0 Å². The third-order valence-corrected chi connectivity index (χ3v) is 4.45. The first-order chi connectivity index (χ1) is 10.0. The molecule has 6 heteroatoms. The number of methoxy groups -OCH3 is 2. The summed E-state index contributed by atoms with van der Waals surface area (Å²) in [6.45, 7) is 0. The molecule has 3 nitrogen and oxygen atoms in total. The second kappa shape index (κ2) is 6.77. The fourth-order valence-electron chi connectivity index (χ4n) is 2.03. The Morgan fingerprint density at radius 1 is 1.05 bits per heavy atom. The summed E-state index contributed by atoms with van der Waals surface area (Å²) in [5.41, 5.74) is 0.613. The van der Waals surface area contributed by atoms with Crippen molar-refractivity contribution in [2.45, 2.75) is 6.10 Å². The zero-order valence-corrected chi connectivity index (χ0v) is 14.5. The lowest BCUT2D eigenvalue weighted by Crippen LogP contribution is -2.06. The molecule has 1 atom stereocenters. The molecular weight excluding hydrogens is 407 g/mol. The van der Waals surface area contributed by atoms with Crippen LogP contribution in [0.2, 0.25) is 0 Å². The van der Waals surface area contributed by atoms with Crippen LogP contribution in [0.4, 0.5) is 4.39 Å². The van der Waals surface area contributed by atoms with E-state index in [0.29, 0.717) is 26.0 Å². The maximum atomic E-state index is 14.1. The molecule has 1 N–H and O–H groups in total. The van der Waals surface area contributed by atoms with Crippen LogP contribution in [0.5, 0.6) is 11.5 Å². The van der Waals surface area contributed by atoms with Gasteiger partial charge in [0.25, 0.3) is 0 Å². The van der Waals surface area contributed by atoms with Gasteiger partial charge in [-0.3, -0.25) is 0 Å². The van der Waals surface area contributed by atoms with Gasteiger partial charge in [-0.2, -0.15) is 0 Å². The van der Waals surface area contributed by atoms with Crippen LogP contribution < -0.4 is 9.47 Å². The normalized spacial score (nSPS) is 12.1. The van der Waals surface area contributed by atoms with Crippen LogP contribution in [0.1, 0.15) is 17.2 Å². The van der Waals surface area contributed by atoms with E-state index in [9.17, 15) is 9.50 Å². The van der Waals surface area contributed by atoms with Gasteiger partial charge in [-0.25, -0.2) is 4.39 Å². The Labute approximate surface area is 139 Å². The topological polar surface area (TPSA) is 38.7 Å². The van der Waals surface area contributed by atoms with Gasteiger partial charge in [0, 0.05) is 11.1 Å². The first-order valence-electron chi connectivity index (χ1n) is 6.03. The zero-order chi connectivity index (χ0) is 15.6. The molecule has 112 valence electrons.